The second-order valence-corrected chi connectivity index (χ2v) is 9.26. The van der Waals surface area contributed by atoms with E-state index in [1.54, 1.807) is 7.05 Å². The van der Waals surface area contributed by atoms with Crippen LogP contribution in [0.1, 0.15) is 53.0 Å². The molecule has 3 aliphatic carbocycles. The Hall–Kier alpha value is -3.07. The highest BCUT2D eigenvalue weighted by atomic mass is 16.5. The molecule has 1 fully saturated rings. The van der Waals surface area contributed by atoms with Crippen molar-refractivity contribution in [1.82, 2.24) is 10.1 Å². The molecule has 6 heteroatoms. The molecule has 1 aromatic carbocycles. The molecule has 2 unspecified atom stereocenters. The molecule has 2 aromatic rings. The first-order chi connectivity index (χ1) is 14.4. The summed E-state index contributed by atoms with van der Waals surface area (Å²) in [5.74, 6) is 8.26. The molecule has 2 N–H and O–H groups in total. The Bertz CT molecular complexity index is 1200. The van der Waals surface area contributed by atoms with Gasteiger partial charge in [-0.2, -0.15) is 0 Å². The van der Waals surface area contributed by atoms with Crippen LogP contribution in [0.2, 0.25) is 0 Å². The first kappa shape index (κ1) is 17.8. The first-order valence-corrected chi connectivity index (χ1v) is 10.7. The molecule has 2 atom stereocenters. The van der Waals surface area contributed by atoms with Crippen molar-refractivity contribution in [3.8, 4) is 11.8 Å². The van der Waals surface area contributed by atoms with Gasteiger partial charge in [-0.3, -0.25) is 9.69 Å². The summed E-state index contributed by atoms with van der Waals surface area (Å²) < 4.78 is 5.47. The highest BCUT2D eigenvalue weighted by Crippen LogP contribution is 2.60. The van der Waals surface area contributed by atoms with E-state index in [0.29, 0.717) is 12.3 Å². The predicted octanol–water partition coefficient (Wildman–Crippen LogP) is 2.46. The van der Waals surface area contributed by atoms with E-state index in [2.05, 4.69) is 35.2 Å². The molecule has 2 heterocycles. The van der Waals surface area contributed by atoms with E-state index in [-0.39, 0.29) is 17.3 Å². The maximum atomic E-state index is 13.8. The van der Waals surface area contributed by atoms with Gasteiger partial charge in [0.15, 0.2) is 11.5 Å². The van der Waals surface area contributed by atoms with Crippen molar-refractivity contribution in [2.75, 3.05) is 7.05 Å². The maximum Gasteiger partial charge on any atom is 0.262 e. The van der Waals surface area contributed by atoms with Crippen LogP contribution in [0.3, 0.4) is 0 Å². The quantitative estimate of drug-likeness (QED) is 0.689. The van der Waals surface area contributed by atoms with Crippen LogP contribution < -0.4 is 5.73 Å². The molecular formula is C24H24N4O2. The number of nitrogens with two attached hydrogens (primary N) is 1. The molecule has 6 rings (SSSR count). The molecule has 0 bridgehead atoms. The van der Waals surface area contributed by atoms with Gasteiger partial charge in [-0.25, -0.2) is 4.99 Å². The van der Waals surface area contributed by atoms with Crippen LogP contribution in [0.5, 0.6) is 0 Å². The summed E-state index contributed by atoms with van der Waals surface area (Å²) in [7, 11) is 1.72. The standard InChI is InChI=1S/C24H24N4O2/c1-14-18-13-23(10-9-20(18)27-30-14)12-17-8-7-16(6-5-15-3-4-15)11-19(17)24(23)21(29)28(2)22(25)26-24/h7-8,11,15H,3-4,9-10,12-13H2,1-2H3,(H2,25,26). The van der Waals surface area contributed by atoms with Gasteiger partial charge < -0.3 is 10.3 Å². The van der Waals surface area contributed by atoms with Crippen LogP contribution in [-0.2, 0) is 29.6 Å². The molecule has 1 aliphatic heterocycles. The molecule has 4 aliphatic rings. The number of aliphatic imine (C=N–C) groups is 1. The largest absolute Gasteiger partial charge is 0.369 e. The van der Waals surface area contributed by atoms with Crippen LogP contribution in [0, 0.1) is 30.1 Å². The lowest BCUT2D eigenvalue weighted by atomic mass is 9.61. The van der Waals surface area contributed by atoms with Crippen molar-refractivity contribution < 1.29 is 9.32 Å². The Morgan fingerprint density at radius 2 is 2.13 bits per heavy atom. The van der Waals surface area contributed by atoms with Gasteiger partial charge in [0.2, 0.25) is 0 Å². The number of benzene rings is 1. The lowest BCUT2D eigenvalue weighted by Crippen LogP contribution is -2.51. The Morgan fingerprint density at radius 1 is 1.30 bits per heavy atom. The Morgan fingerprint density at radius 3 is 2.87 bits per heavy atom. The van der Waals surface area contributed by atoms with Crippen molar-refractivity contribution in [3.63, 3.8) is 0 Å². The highest BCUT2D eigenvalue weighted by molar-refractivity contribution is 6.08. The maximum absolute atomic E-state index is 13.8. The Labute approximate surface area is 175 Å². The van der Waals surface area contributed by atoms with Gasteiger partial charge in [0, 0.05) is 29.5 Å². The summed E-state index contributed by atoms with van der Waals surface area (Å²) in [4.78, 5) is 20.2. The van der Waals surface area contributed by atoms with E-state index in [4.69, 9.17) is 15.2 Å². The second kappa shape index (κ2) is 5.75. The number of hydrogen-bond donors (Lipinski definition) is 1. The molecule has 152 valence electrons. The third-order valence-electron chi connectivity index (χ3n) is 7.46. The average Bonchev–Trinajstić information content (AvgIpc) is 3.41. The number of guanidine groups is 1. The number of amides is 1. The number of carbonyl (C=O) groups is 1. The summed E-state index contributed by atoms with van der Waals surface area (Å²) in [6.45, 7) is 1.95. The van der Waals surface area contributed by atoms with Crippen LogP contribution in [0.25, 0.3) is 0 Å². The lowest BCUT2D eigenvalue weighted by molar-refractivity contribution is -0.135. The van der Waals surface area contributed by atoms with Gasteiger partial charge in [0.25, 0.3) is 5.91 Å². The van der Waals surface area contributed by atoms with Crippen molar-refractivity contribution >= 4 is 11.9 Å². The number of nitrogens with zero attached hydrogens (tertiary/aromatic N) is 3. The number of likely N-dealkylation sites (N-methyl/N-ethyl adjacent to an activating group) is 1. The molecule has 0 saturated heterocycles. The summed E-state index contributed by atoms with van der Waals surface area (Å²) in [6.07, 6.45) is 5.49. The van der Waals surface area contributed by atoms with Gasteiger partial charge in [-0.15, -0.1) is 0 Å². The number of carbonyl (C=O) groups excluding carboxylic acids is 1. The van der Waals surface area contributed by atoms with E-state index in [9.17, 15) is 4.79 Å². The Kier molecular flexibility index (Phi) is 3.41. The third kappa shape index (κ3) is 2.18. The van der Waals surface area contributed by atoms with Crippen LogP contribution >= 0.6 is 0 Å². The van der Waals surface area contributed by atoms with Crippen LogP contribution in [0.15, 0.2) is 27.7 Å². The summed E-state index contributed by atoms with van der Waals surface area (Å²) in [6, 6.07) is 6.30. The lowest BCUT2D eigenvalue weighted by Gasteiger charge is -2.43. The minimum Gasteiger partial charge on any atom is -0.369 e. The zero-order chi connectivity index (χ0) is 20.7. The number of aryl methyl sites for hydroxylation is 2. The molecule has 30 heavy (non-hydrogen) atoms. The fraction of sp³-hybridized carbons (Fsp3) is 0.458. The van der Waals surface area contributed by atoms with E-state index < -0.39 is 5.54 Å². The fourth-order valence-corrected chi connectivity index (χ4v) is 5.60. The zero-order valence-electron chi connectivity index (χ0n) is 17.3. The summed E-state index contributed by atoms with van der Waals surface area (Å²) in [5, 5.41) is 4.24. The van der Waals surface area contributed by atoms with Gasteiger partial charge in [-0.05, 0) is 68.7 Å². The average molecular weight is 400 g/mol. The first-order valence-electron chi connectivity index (χ1n) is 10.7. The molecule has 2 spiro atoms. The van der Waals surface area contributed by atoms with Gasteiger partial charge in [0.05, 0.1) is 5.69 Å². The second-order valence-electron chi connectivity index (χ2n) is 9.26. The highest BCUT2D eigenvalue weighted by Gasteiger charge is 2.66. The van der Waals surface area contributed by atoms with E-state index in [1.165, 1.54) is 23.3 Å². The van der Waals surface area contributed by atoms with Gasteiger partial charge >= 0.3 is 0 Å². The van der Waals surface area contributed by atoms with E-state index in [1.807, 2.05) is 6.92 Å². The summed E-state index contributed by atoms with van der Waals surface area (Å²) >= 11 is 0. The number of aromatic nitrogens is 1. The molecule has 1 saturated carbocycles. The van der Waals surface area contributed by atoms with Crippen molar-refractivity contribution in [3.05, 3.63) is 51.9 Å². The number of rotatable bonds is 0. The van der Waals surface area contributed by atoms with Crippen molar-refractivity contribution in [1.29, 1.82) is 0 Å². The van der Waals surface area contributed by atoms with Crippen molar-refractivity contribution in [2.24, 2.45) is 22.1 Å². The molecular weight excluding hydrogens is 376 g/mol. The number of fused-ring (bicyclic) bond motifs is 4. The smallest absolute Gasteiger partial charge is 0.262 e. The van der Waals surface area contributed by atoms with E-state index in [0.717, 1.165) is 47.4 Å². The monoisotopic (exact) mass is 400 g/mol. The normalized spacial score (nSPS) is 29.1. The molecule has 1 aromatic heterocycles. The topological polar surface area (TPSA) is 84.7 Å². The fourth-order valence-electron chi connectivity index (χ4n) is 5.60. The van der Waals surface area contributed by atoms with Gasteiger partial charge in [-0.1, -0.05) is 23.1 Å². The zero-order valence-corrected chi connectivity index (χ0v) is 17.3. The molecule has 1 amide bonds. The van der Waals surface area contributed by atoms with Crippen molar-refractivity contribution in [2.45, 2.75) is 51.0 Å². The van der Waals surface area contributed by atoms with Gasteiger partial charge in [0.1, 0.15) is 5.76 Å². The minimum atomic E-state index is -1.00. The number of hydrogen-bond acceptors (Lipinski definition) is 5. The third-order valence-corrected chi connectivity index (χ3v) is 7.46. The molecule has 0 radical (unpaired) electrons. The minimum absolute atomic E-state index is 0.0383. The van der Waals surface area contributed by atoms with Crippen LogP contribution in [0.4, 0.5) is 0 Å². The molecule has 6 nitrogen and oxygen atoms in total. The SMILES string of the molecule is Cc1onc2c1CC1(CC2)Cc2ccc(C#CC3CC3)cc2C12N=C(N)N(C)C2=O. The Balaban J connectivity index is 1.54. The summed E-state index contributed by atoms with van der Waals surface area (Å²) in [5.41, 5.74) is 10.1. The van der Waals surface area contributed by atoms with E-state index >= 15 is 0 Å². The van der Waals surface area contributed by atoms with Crippen LogP contribution in [-0.4, -0.2) is 29.0 Å². The predicted molar refractivity (Wildman–Crippen MR) is 112 cm³/mol.